The molecule has 0 bridgehead atoms. The number of piperazine rings is 1. The molecule has 1 aliphatic heterocycles. The number of aldehydes is 1. The Morgan fingerprint density at radius 3 is 2.48 bits per heavy atom. The van der Waals surface area contributed by atoms with Gasteiger partial charge in [0.25, 0.3) is 0 Å². The van der Waals surface area contributed by atoms with E-state index in [1.54, 1.807) is 7.11 Å². The highest BCUT2D eigenvalue weighted by molar-refractivity contribution is 5.85. The van der Waals surface area contributed by atoms with Gasteiger partial charge in [0.2, 0.25) is 5.72 Å². The second-order valence-corrected chi connectivity index (χ2v) is 8.08. The molecule has 3 rings (SSSR count). The van der Waals surface area contributed by atoms with Gasteiger partial charge in [-0.1, -0.05) is 81.5 Å². The van der Waals surface area contributed by atoms with Crippen LogP contribution in [-0.4, -0.2) is 39.3 Å². The SMILES string of the molecule is CCCCCCCCOC1(c2ccccc2)C(OC)NCCN1c1ccccc1C=O. The van der Waals surface area contributed by atoms with Crippen LogP contribution in [0, 0.1) is 0 Å². The number of hydrogen-bond acceptors (Lipinski definition) is 5. The first-order chi connectivity index (χ1) is 15.3. The van der Waals surface area contributed by atoms with Gasteiger partial charge in [-0.3, -0.25) is 10.1 Å². The molecule has 2 atom stereocenters. The molecule has 5 heteroatoms. The van der Waals surface area contributed by atoms with Crippen LogP contribution in [-0.2, 0) is 15.2 Å². The molecule has 1 saturated heterocycles. The summed E-state index contributed by atoms with van der Waals surface area (Å²) < 4.78 is 12.7. The van der Waals surface area contributed by atoms with E-state index >= 15 is 0 Å². The Morgan fingerprint density at radius 2 is 1.74 bits per heavy atom. The lowest BCUT2D eigenvalue weighted by atomic mass is 9.94. The van der Waals surface area contributed by atoms with E-state index in [0.717, 1.165) is 36.9 Å². The molecule has 0 spiro atoms. The number of rotatable bonds is 12. The zero-order chi connectivity index (χ0) is 21.9. The highest BCUT2D eigenvalue weighted by Crippen LogP contribution is 2.40. The predicted molar refractivity (Wildman–Crippen MR) is 125 cm³/mol. The van der Waals surface area contributed by atoms with Crippen molar-refractivity contribution in [2.75, 3.05) is 31.7 Å². The van der Waals surface area contributed by atoms with E-state index in [1.807, 2.05) is 42.5 Å². The fourth-order valence-corrected chi connectivity index (χ4v) is 4.46. The van der Waals surface area contributed by atoms with Gasteiger partial charge in [-0.05, 0) is 18.6 Å². The first kappa shape index (κ1) is 23.5. The van der Waals surface area contributed by atoms with Crippen molar-refractivity contribution in [2.24, 2.45) is 0 Å². The zero-order valence-electron chi connectivity index (χ0n) is 18.9. The summed E-state index contributed by atoms with van der Waals surface area (Å²) in [6.45, 7) is 4.30. The predicted octanol–water partition coefficient (Wildman–Crippen LogP) is 5.11. The van der Waals surface area contributed by atoms with Gasteiger partial charge in [0, 0.05) is 37.0 Å². The molecule has 0 aliphatic carbocycles. The summed E-state index contributed by atoms with van der Waals surface area (Å²) in [4.78, 5) is 14.0. The summed E-state index contributed by atoms with van der Waals surface area (Å²) in [6, 6.07) is 17.9. The van der Waals surface area contributed by atoms with Crippen LogP contribution < -0.4 is 10.2 Å². The molecule has 1 N–H and O–H groups in total. The Labute approximate surface area is 186 Å². The maximum atomic E-state index is 11.8. The van der Waals surface area contributed by atoms with Gasteiger partial charge in [0.05, 0.1) is 6.61 Å². The van der Waals surface area contributed by atoms with E-state index in [4.69, 9.17) is 9.47 Å². The molecule has 31 heavy (non-hydrogen) atoms. The van der Waals surface area contributed by atoms with E-state index in [1.165, 1.54) is 25.7 Å². The molecule has 0 aromatic heterocycles. The second-order valence-electron chi connectivity index (χ2n) is 8.08. The number of carbonyl (C=O) groups is 1. The van der Waals surface area contributed by atoms with Crippen molar-refractivity contribution in [3.8, 4) is 0 Å². The Kier molecular flexibility index (Phi) is 9.07. The number of hydrogen-bond donors (Lipinski definition) is 1. The normalized spacial score (nSPS) is 21.2. The number of nitrogens with one attached hydrogen (secondary N) is 1. The Bertz CT molecular complexity index is 798. The largest absolute Gasteiger partial charge is 0.361 e. The molecule has 1 fully saturated rings. The van der Waals surface area contributed by atoms with Crippen LogP contribution >= 0.6 is 0 Å². The molecule has 1 heterocycles. The number of methoxy groups -OCH3 is 1. The van der Waals surface area contributed by atoms with Gasteiger partial charge in [-0.25, -0.2) is 0 Å². The molecule has 0 radical (unpaired) electrons. The fraction of sp³-hybridized carbons (Fsp3) is 0.500. The molecule has 2 aromatic rings. The minimum atomic E-state index is -0.864. The summed E-state index contributed by atoms with van der Waals surface area (Å²) in [6.07, 6.45) is 7.76. The highest BCUT2D eigenvalue weighted by atomic mass is 16.6. The smallest absolute Gasteiger partial charge is 0.207 e. The third kappa shape index (κ3) is 5.35. The van der Waals surface area contributed by atoms with Crippen LogP contribution in [0.4, 0.5) is 5.69 Å². The number of anilines is 1. The maximum absolute atomic E-state index is 11.8. The lowest BCUT2D eigenvalue weighted by Crippen LogP contribution is -2.67. The average molecular weight is 425 g/mol. The number of benzene rings is 2. The number of carbonyl (C=O) groups excluding carboxylic acids is 1. The molecular formula is C26H36N2O3. The third-order valence-corrected chi connectivity index (χ3v) is 6.02. The molecule has 2 unspecified atom stereocenters. The summed E-state index contributed by atoms with van der Waals surface area (Å²) in [5.74, 6) is 0. The van der Waals surface area contributed by atoms with Crippen LogP contribution in [0.1, 0.15) is 61.4 Å². The molecular weight excluding hydrogens is 388 g/mol. The monoisotopic (exact) mass is 424 g/mol. The second kappa shape index (κ2) is 12.0. The molecule has 168 valence electrons. The van der Waals surface area contributed by atoms with Crippen molar-refractivity contribution in [2.45, 2.75) is 57.4 Å². The standard InChI is InChI=1S/C26H36N2O3/c1-3-4-5-6-7-13-20-31-26(23-15-9-8-10-16-23)25(30-2)27-18-19-28(26)24-17-12-11-14-22(24)21-29/h8-12,14-17,21,25,27H,3-7,13,18-20H2,1-2H3. The third-order valence-electron chi connectivity index (χ3n) is 6.02. The van der Waals surface area contributed by atoms with Crippen molar-refractivity contribution < 1.29 is 14.3 Å². The number of para-hydroxylation sites is 1. The van der Waals surface area contributed by atoms with Crippen molar-refractivity contribution >= 4 is 12.0 Å². The van der Waals surface area contributed by atoms with Gasteiger partial charge in [0.15, 0.2) is 12.5 Å². The average Bonchev–Trinajstić information content (AvgIpc) is 2.83. The number of unbranched alkanes of at least 4 members (excludes halogenated alkanes) is 5. The first-order valence-corrected chi connectivity index (χ1v) is 11.6. The highest BCUT2D eigenvalue weighted by Gasteiger charge is 2.50. The van der Waals surface area contributed by atoms with E-state index in [0.29, 0.717) is 18.7 Å². The number of nitrogens with zero attached hydrogens (tertiary/aromatic N) is 1. The van der Waals surface area contributed by atoms with Crippen LogP contribution in [0.15, 0.2) is 54.6 Å². The van der Waals surface area contributed by atoms with Gasteiger partial charge < -0.3 is 14.4 Å². The van der Waals surface area contributed by atoms with Gasteiger partial charge in [0.1, 0.15) is 0 Å². The summed E-state index contributed by atoms with van der Waals surface area (Å²) >= 11 is 0. The molecule has 2 aromatic carbocycles. The Hall–Kier alpha value is -2.21. The molecule has 1 aliphatic rings. The topological polar surface area (TPSA) is 50.8 Å². The molecule has 0 saturated carbocycles. The quantitative estimate of drug-likeness (QED) is 0.379. The van der Waals surface area contributed by atoms with Crippen LogP contribution in [0.25, 0.3) is 0 Å². The Balaban J connectivity index is 1.94. The van der Waals surface area contributed by atoms with E-state index in [2.05, 4.69) is 29.3 Å². The summed E-state index contributed by atoms with van der Waals surface area (Å²) in [5, 5.41) is 3.49. The number of ether oxygens (including phenoxy) is 2. The van der Waals surface area contributed by atoms with E-state index < -0.39 is 5.72 Å². The lowest BCUT2D eigenvalue weighted by molar-refractivity contribution is -0.165. The summed E-state index contributed by atoms with van der Waals surface area (Å²) in [7, 11) is 1.71. The minimum Gasteiger partial charge on any atom is -0.361 e. The van der Waals surface area contributed by atoms with Crippen LogP contribution in [0.2, 0.25) is 0 Å². The van der Waals surface area contributed by atoms with E-state index in [-0.39, 0.29) is 6.23 Å². The van der Waals surface area contributed by atoms with Crippen LogP contribution in [0.5, 0.6) is 0 Å². The zero-order valence-corrected chi connectivity index (χ0v) is 18.9. The lowest BCUT2D eigenvalue weighted by Gasteiger charge is -2.52. The maximum Gasteiger partial charge on any atom is 0.207 e. The van der Waals surface area contributed by atoms with Crippen molar-refractivity contribution in [3.05, 3.63) is 65.7 Å². The molecule has 0 amide bonds. The Morgan fingerprint density at radius 1 is 1.03 bits per heavy atom. The van der Waals surface area contributed by atoms with Gasteiger partial charge >= 0.3 is 0 Å². The van der Waals surface area contributed by atoms with Gasteiger partial charge in [-0.2, -0.15) is 0 Å². The van der Waals surface area contributed by atoms with Crippen molar-refractivity contribution in [1.82, 2.24) is 5.32 Å². The molecule has 5 nitrogen and oxygen atoms in total. The first-order valence-electron chi connectivity index (χ1n) is 11.6. The van der Waals surface area contributed by atoms with Crippen molar-refractivity contribution in [1.29, 1.82) is 0 Å². The van der Waals surface area contributed by atoms with Crippen LogP contribution in [0.3, 0.4) is 0 Å². The minimum absolute atomic E-state index is 0.372. The van der Waals surface area contributed by atoms with E-state index in [9.17, 15) is 4.79 Å². The summed E-state index contributed by atoms with van der Waals surface area (Å²) in [5.41, 5.74) is 1.67. The van der Waals surface area contributed by atoms with Gasteiger partial charge in [-0.15, -0.1) is 0 Å². The van der Waals surface area contributed by atoms with Crippen molar-refractivity contribution in [3.63, 3.8) is 0 Å². The fourth-order valence-electron chi connectivity index (χ4n) is 4.46.